The second-order valence-corrected chi connectivity index (χ2v) is 7.61. The van der Waals surface area contributed by atoms with Crippen LogP contribution in [0.15, 0.2) is 84.4 Å². The van der Waals surface area contributed by atoms with Crippen LogP contribution in [0.2, 0.25) is 0 Å². The van der Waals surface area contributed by atoms with E-state index in [1.807, 2.05) is 61.5 Å². The third-order valence-electron chi connectivity index (χ3n) is 5.58. The van der Waals surface area contributed by atoms with Crippen molar-refractivity contribution in [2.45, 2.75) is 19.9 Å². The number of nitrogens with one attached hydrogen (secondary N) is 1. The number of aryl methyl sites for hydroxylation is 1. The third kappa shape index (κ3) is 3.28. The number of carbonyl (C=O) groups excluding carboxylic acids is 1. The highest BCUT2D eigenvalue weighted by Crippen LogP contribution is 2.42. The molecule has 5 nitrogen and oxygen atoms in total. The zero-order chi connectivity index (χ0) is 21.4. The number of benzene rings is 3. The second-order valence-electron chi connectivity index (χ2n) is 7.61. The summed E-state index contributed by atoms with van der Waals surface area (Å²) >= 11 is 0. The minimum absolute atomic E-state index is 0.308. The molecule has 0 aliphatic carbocycles. The molecule has 0 amide bonds. The van der Waals surface area contributed by atoms with Crippen molar-refractivity contribution in [2.75, 3.05) is 11.9 Å². The lowest BCUT2D eigenvalue weighted by Gasteiger charge is -2.31. The summed E-state index contributed by atoms with van der Waals surface area (Å²) in [7, 11) is 0. The molecule has 1 aliphatic heterocycles. The van der Waals surface area contributed by atoms with Crippen LogP contribution < -0.4 is 5.32 Å². The summed E-state index contributed by atoms with van der Waals surface area (Å²) in [5.74, 6) is 0.376. The van der Waals surface area contributed by atoms with Crippen LogP contribution in [0.1, 0.15) is 29.7 Å². The molecule has 0 fully saturated rings. The van der Waals surface area contributed by atoms with Gasteiger partial charge in [-0.1, -0.05) is 72.3 Å². The molecule has 1 aromatic heterocycles. The van der Waals surface area contributed by atoms with Crippen LogP contribution in [0, 0.1) is 6.92 Å². The standard InChI is InChI=1S/C26H23N3O2/c1-3-31-25(30)22-23(18-9-5-4-6-10-18)28-26-27-20-11-7-8-12-21(20)29(26)24(22)19-15-13-17(2)14-16-19/h4-16,24H,3H2,1-2H3,(H,27,28). The lowest BCUT2D eigenvalue weighted by atomic mass is 9.92. The summed E-state index contributed by atoms with van der Waals surface area (Å²) in [6.45, 7) is 4.19. The normalized spacial score (nSPS) is 15.5. The van der Waals surface area contributed by atoms with E-state index in [1.54, 1.807) is 0 Å². The fourth-order valence-electron chi connectivity index (χ4n) is 4.16. The molecular formula is C26H23N3O2. The smallest absolute Gasteiger partial charge is 0.338 e. The molecule has 1 aliphatic rings. The number of imidazole rings is 1. The molecule has 0 saturated heterocycles. The Kier molecular flexibility index (Phi) is 4.79. The number of aromatic nitrogens is 2. The third-order valence-corrected chi connectivity index (χ3v) is 5.58. The van der Waals surface area contributed by atoms with Gasteiger partial charge in [0.2, 0.25) is 5.95 Å². The van der Waals surface area contributed by atoms with E-state index < -0.39 is 0 Å². The van der Waals surface area contributed by atoms with Gasteiger partial charge in [-0.25, -0.2) is 9.78 Å². The number of esters is 1. The molecule has 3 aromatic carbocycles. The Morgan fingerprint density at radius 1 is 1.00 bits per heavy atom. The van der Waals surface area contributed by atoms with E-state index in [2.05, 4.69) is 41.1 Å². The molecular weight excluding hydrogens is 386 g/mol. The number of hydrogen-bond donors (Lipinski definition) is 1. The van der Waals surface area contributed by atoms with Crippen molar-refractivity contribution < 1.29 is 9.53 Å². The summed E-state index contributed by atoms with van der Waals surface area (Å²) in [5.41, 5.74) is 6.23. The average Bonchev–Trinajstić information content (AvgIpc) is 3.17. The summed E-state index contributed by atoms with van der Waals surface area (Å²) in [4.78, 5) is 18.2. The van der Waals surface area contributed by atoms with Crippen molar-refractivity contribution in [1.29, 1.82) is 0 Å². The molecule has 154 valence electrons. The maximum Gasteiger partial charge on any atom is 0.338 e. The number of rotatable bonds is 4. The van der Waals surface area contributed by atoms with E-state index in [0.29, 0.717) is 18.1 Å². The number of para-hydroxylation sites is 2. The fourth-order valence-corrected chi connectivity index (χ4v) is 4.16. The van der Waals surface area contributed by atoms with Crippen LogP contribution in [0.3, 0.4) is 0 Å². The first-order valence-electron chi connectivity index (χ1n) is 10.4. The Morgan fingerprint density at radius 3 is 2.45 bits per heavy atom. The van der Waals surface area contributed by atoms with Gasteiger partial charge in [-0.2, -0.15) is 0 Å². The van der Waals surface area contributed by atoms with Crippen LogP contribution >= 0.6 is 0 Å². The van der Waals surface area contributed by atoms with Gasteiger partial charge in [0.25, 0.3) is 0 Å². The number of hydrogen-bond acceptors (Lipinski definition) is 4. The lowest BCUT2D eigenvalue weighted by Crippen LogP contribution is -2.29. The molecule has 1 unspecified atom stereocenters. The van der Waals surface area contributed by atoms with Gasteiger partial charge in [-0.05, 0) is 37.1 Å². The topological polar surface area (TPSA) is 56.1 Å². The van der Waals surface area contributed by atoms with Crippen LogP contribution in [0.25, 0.3) is 16.7 Å². The zero-order valence-electron chi connectivity index (χ0n) is 17.5. The van der Waals surface area contributed by atoms with Crippen LogP contribution in [0.4, 0.5) is 5.95 Å². The van der Waals surface area contributed by atoms with Crippen molar-refractivity contribution in [3.05, 3.63) is 101 Å². The molecule has 5 rings (SSSR count). The number of anilines is 1. The average molecular weight is 409 g/mol. The highest BCUT2D eigenvalue weighted by molar-refractivity contribution is 6.03. The Morgan fingerprint density at radius 2 is 1.71 bits per heavy atom. The molecule has 2 heterocycles. The van der Waals surface area contributed by atoms with Crippen molar-refractivity contribution in [1.82, 2.24) is 9.55 Å². The van der Waals surface area contributed by atoms with Gasteiger partial charge in [0, 0.05) is 0 Å². The minimum atomic E-state index is -0.362. The molecule has 0 spiro atoms. The van der Waals surface area contributed by atoms with Gasteiger partial charge in [0.1, 0.15) is 0 Å². The van der Waals surface area contributed by atoms with E-state index in [1.165, 1.54) is 5.56 Å². The van der Waals surface area contributed by atoms with E-state index >= 15 is 0 Å². The van der Waals surface area contributed by atoms with Crippen molar-refractivity contribution in [3.63, 3.8) is 0 Å². The van der Waals surface area contributed by atoms with Gasteiger partial charge in [-0.15, -0.1) is 0 Å². The van der Waals surface area contributed by atoms with E-state index in [4.69, 9.17) is 9.72 Å². The predicted octanol–water partition coefficient (Wildman–Crippen LogP) is 5.33. The van der Waals surface area contributed by atoms with Gasteiger partial charge in [0.05, 0.1) is 35.0 Å². The second kappa shape index (κ2) is 7.76. The molecule has 31 heavy (non-hydrogen) atoms. The van der Waals surface area contributed by atoms with E-state index in [-0.39, 0.29) is 12.0 Å². The highest BCUT2D eigenvalue weighted by atomic mass is 16.5. The Labute approximate surface area is 181 Å². The van der Waals surface area contributed by atoms with Gasteiger partial charge in [0.15, 0.2) is 0 Å². The highest BCUT2D eigenvalue weighted by Gasteiger charge is 2.36. The number of nitrogens with zero attached hydrogens (tertiary/aromatic N) is 2. The van der Waals surface area contributed by atoms with Crippen molar-refractivity contribution in [3.8, 4) is 0 Å². The molecule has 5 heteroatoms. The summed E-state index contributed by atoms with van der Waals surface area (Å²) in [5, 5.41) is 3.43. The number of fused-ring (bicyclic) bond motifs is 3. The minimum Gasteiger partial charge on any atom is -0.463 e. The largest absolute Gasteiger partial charge is 0.463 e. The molecule has 1 N–H and O–H groups in total. The Hall–Kier alpha value is -3.86. The molecule has 0 bridgehead atoms. The number of carbonyl (C=O) groups is 1. The quantitative estimate of drug-likeness (QED) is 0.463. The first-order chi connectivity index (χ1) is 15.2. The monoisotopic (exact) mass is 409 g/mol. The van der Waals surface area contributed by atoms with Crippen molar-refractivity contribution >= 4 is 28.6 Å². The van der Waals surface area contributed by atoms with Crippen LogP contribution in [-0.2, 0) is 9.53 Å². The Bertz CT molecular complexity index is 1290. The van der Waals surface area contributed by atoms with E-state index in [0.717, 1.165) is 27.9 Å². The Balaban J connectivity index is 1.83. The van der Waals surface area contributed by atoms with E-state index in [9.17, 15) is 4.79 Å². The molecule has 4 aromatic rings. The van der Waals surface area contributed by atoms with Gasteiger partial charge >= 0.3 is 5.97 Å². The first kappa shape index (κ1) is 19.1. The number of ether oxygens (including phenoxy) is 1. The summed E-state index contributed by atoms with van der Waals surface area (Å²) in [6.07, 6.45) is 0. The van der Waals surface area contributed by atoms with Gasteiger partial charge in [-0.3, -0.25) is 4.57 Å². The lowest BCUT2D eigenvalue weighted by molar-refractivity contribution is -0.138. The SMILES string of the molecule is CCOC(=O)C1=C(c2ccccc2)Nc2nc3ccccc3n2C1c1ccc(C)cc1. The maximum atomic E-state index is 13.3. The predicted molar refractivity (Wildman–Crippen MR) is 123 cm³/mol. The molecule has 1 atom stereocenters. The van der Waals surface area contributed by atoms with Crippen molar-refractivity contribution in [2.24, 2.45) is 0 Å². The maximum absolute atomic E-state index is 13.3. The van der Waals surface area contributed by atoms with Gasteiger partial charge < -0.3 is 10.1 Å². The summed E-state index contributed by atoms with van der Waals surface area (Å²) in [6, 6.07) is 25.8. The van der Waals surface area contributed by atoms with Crippen LogP contribution in [0.5, 0.6) is 0 Å². The zero-order valence-corrected chi connectivity index (χ0v) is 17.5. The molecule has 0 saturated carbocycles. The first-order valence-corrected chi connectivity index (χ1v) is 10.4. The fraction of sp³-hybridized carbons (Fsp3) is 0.154. The molecule has 0 radical (unpaired) electrons. The summed E-state index contributed by atoms with van der Waals surface area (Å²) < 4.78 is 7.64. The van der Waals surface area contributed by atoms with Crippen LogP contribution in [-0.4, -0.2) is 22.1 Å².